The maximum Gasteiger partial charge on any atom is 0.267 e. The van der Waals surface area contributed by atoms with Crippen LogP contribution in [0.5, 0.6) is 0 Å². The summed E-state index contributed by atoms with van der Waals surface area (Å²) < 4.78 is 1.60. The number of carbonyl (C=O) groups is 1. The molecule has 0 saturated carbocycles. The van der Waals surface area contributed by atoms with Crippen molar-refractivity contribution in [3.05, 3.63) is 60.8 Å². The topological polar surface area (TPSA) is 94.5 Å². The average Bonchev–Trinajstić information content (AvgIpc) is 3.25. The zero-order valence-corrected chi connectivity index (χ0v) is 22.1. The number of thiazole rings is 1. The Kier molecular flexibility index (Phi) is 8.07. The highest BCUT2D eigenvalue weighted by molar-refractivity contribution is 9.11. The molecule has 11 heteroatoms. The Hall–Kier alpha value is -1.92. The summed E-state index contributed by atoms with van der Waals surface area (Å²) in [6.07, 6.45) is 2.15. The van der Waals surface area contributed by atoms with Crippen molar-refractivity contribution in [2.75, 3.05) is 49.5 Å². The lowest BCUT2D eigenvalue weighted by Crippen LogP contribution is -2.47. The van der Waals surface area contributed by atoms with E-state index in [1.807, 2.05) is 31.2 Å². The molecule has 1 saturated heterocycles. The van der Waals surface area contributed by atoms with Gasteiger partial charge in [-0.1, -0.05) is 6.07 Å². The number of piperazine rings is 1. The van der Waals surface area contributed by atoms with Crippen LogP contribution < -0.4 is 10.2 Å². The lowest BCUT2D eigenvalue weighted by atomic mass is 10.2. The van der Waals surface area contributed by atoms with Crippen molar-refractivity contribution in [3.8, 4) is 0 Å². The standard InChI is InChI=1S/C22H24Br2N6O2S/c1-14-26-15(11-19(27-14)30-7-5-29(6-8-30)9-10-31)12-20-25-13-18(33-20)22(32)28-21-16(23)3-2-4-17(21)24/h2-4,11,13,31H,5-10,12H2,1H3,(H,28,32). The molecular formula is C22H24Br2N6O2S. The number of para-hydroxylation sites is 1. The number of β-amino-alcohol motifs (C(OH)–C–C–N with tert-alkyl or cyclic N) is 1. The first-order chi connectivity index (χ1) is 15.9. The molecule has 0 atom stereocenters. The van der Waals surface area contributed by atoms with Gasteiger partial charge >= 0.3 is 0 Å². The van der Waals surface area contributed by atoms with Gasteiger partial charge in [0.1, 0.15) is 16.5 Å². The molecular weight excluding hydrogens is 572 g/mol. The van der Waals surface area contributed by atoms with Crippen molar-refractivity contribution >= 4 is 60.6 Å². The van der Waals surface area contributed by atoms with Gasteiger partial charge in [0.15, 0.2) is 0 Å². The van der Waals surface area contributed by atoms with Crippen LogP contribution in [0, 0.1) is 6.92 Å². The van der Waals surface area contributed by atoms with Crippen LogP contribution in [-0.2, 0) is 6.42 Å². The summed E-state index contributed by atoms with van der Waals surface area (Å²) in [5.74, 6) is 1.43. The molecule has 3 aromatic rings. The van der Waals surface area contributed by atoms with E-state index < -0.39 is 0 Å². The second-order valence-corrected chi connectivity index (χ2v) is 10.5. The van der Waals surface area contributed by atoms with E-state index in [9.17, 15) is 4.79 Å². The number of hydrogen-bond acceptors (Lipinski definition) is 8. The lowest BCUT2D eigenvalue weighted by molar-refractivity contribution is 0.103. The van der Waals surface area contributed by atoms with E-state index >= 15 is 0 Å². The van der Waals surface area contributed by atoms with E-state index in [1.165, 1.54) is 11.3 Å². The number of aliphatic hydroxyl groups is 1. The summed E-state index contributed by atoms with van der Waals surface area (Å²) in [6, 6.07) is 7.65. The van der Waals surface area contributed by atoms with Gasteiger partial charge in [0.25, 0.3) is 5.91 Å². The number of hydrogen-bond donors (Lipinski definition) is 2. The molecule has 2 aromatic heterocycles. The molecule has 1 aliphatic heterocycles. The zero-order valence-electron chi connectivity index (χ0n) is 18.1. The molecule has 0 unspecified atom stereocenters. The van der Waals surface area contributed by atoms with Crippen molar-refractivity contribution in [2.45, 2.75) is 13.3 Å². The fourth-order valence-electron chi connectivity index (χ4n) is 3.65. The third-order valence-corrected chi connectivity index (χ3v) is 7.62. The van der Waals surface area contributed by atoms with Gasteiger partial charge in [-0.3, -0.25) is 9.69 Å². The predicted molar refractivity (Wildman–Crippen MR) is 137 cm³/mol. The monoisotopic (exact) mass is 594 g/mol. The number of aryl methyl sites for hydroxylation is 1. The van der Waals surface area contributed by atoms with E-state index in [1.54, 1.807) is 6.20 Å². The number of nitrogens with zero attached hydrogens (tertiary/aromatic N) is 5. The molecule has 1 fully saturated rings. The van der Waals surface area contributed by atoms with Crippen LogP contribution in [0.4, 0.5) is 11.5 Å². The van der Waals surface area contributed by atoms with Crippen LogP contribution in [0.1, 0.15) is 26.2 Å². The Morgan fingerprint density at radius 1 is 1.18 bits per heavy atom. The number of rotatable bonds is 7. The first kappa shape index (κ1) is 24.2. The molecule has 0 aliphatic carbocycles. The van der Waals surface area contributed by atoms with Crippen molar-refractivity contribution in [3.63, 3.8) is 0 Å². The van der Waals surface area contributed by atoms with Gasteiger partial charge < -0.3 is 15.3 Å². The highest BCUT2D eigenvalue weighted by Crippen LogP contribution is 2.31. The normalized spacial score (nSPS) is 14.5. The number of carbonyl (C=O) groups excluding carboxylic acids is 1. The predicted octanol–water partition coefficient (Wildman–Crippen LogP) is 3.72. The van der Waals surface area contributed by atoms with Crippen LogP contribution in [-0.4, -0.2) is 70.2 Å². The van der Waals surface area contributed by atoms with Crippen molar-refractivity contribution in [2.24, 2.45) is 0 Å². The fourth-order valence-corrected chi connectivity index (χ4v) is 5.68. The van der Waals surface area contributed by atoms with Crippen LogP contribution in [0.2, 0.25) is 0 Å². The summed E-state index contributed by atoms with van der Waals surface area (Å²) in [6.45, 7) is 6.31. The van der Waals surface area contributed by atoms with Gasteiger partial charge in [-0.05, 0) is 50.9 Å². The molecule has 0 radical (unpaired) electrons. The Morgan fingerprint density at radius 2 is 1.91 bits per heavy atom. The molecule has 1 aromatic carbocycles. The number of anilines is 2. The molecule has 3 heterocycles. The van der Waals surface area contributed by atoms with Gasteiger partial charge in [-0.15, -0.1) is 11.3 Å². The zero-order chi connectivity index (χ0) is 23.4. The summed E-state index contributed by atoms with van der Waals surface area (Å²) >= 11 is 8.29. The number of amides is 1. The number of nitrogens with one attached hydrogen (secondary N) is 1. The van der Waals surface area contributed by atoms with Crippen LogP contribution >= 0.6 is 43.2 Å². The number of halogens is 2. The number of benzene rings is 1. The minimum Gasteiger partial charge on any atom is -0.395 e. The number of aliphatic hydroxyl groups excluding tert-OH is 1. The Morgan fingerprint density at radius 3 is 2.61 bits per heavy atom. The fraction of sp³-hybridized carbons (Fsp3) is 0.364. The minimum absolute atomic E-state index is 0.185. The Bertz CT molecular complexity index is 1110. The first-order valence-corrected chi connectivity index (χ1v) is 13.0. The molecule has 2 N–H and O–H groups in total. The first-order valence-electron chi connectivity index (χ1n) is 10.6. The highest BCUT2D eigenvalue weighted by Gasteiger charge is 2.19. The molecule has 4 rings (SSSR count). The molecule has 174 valence electrons. The highest BCUT2D eigenvalue weighted by atomic mass is 79.9. The maximum absolute atomic E-state index is 12.7. The van der Waals surface area contributed by atoms with E-state index in [0.29, 0.717) is 29.4 Å². The molecule has 0 bridgehead atoms. The van der Waals surface area contributed by atoms with Crippen molar-refractivity contribution in [1.82, 2.24) is 19.9 Å². The quantitative estimate of drug-likeness (QED) is 0.430. The van der Waals surface area contributed by atoms with Gasteiger partial charge in [0, 0.05) is 54.2 Å². The van der Waals surface area contributed by atoms with E-state index in [-0.39, 0.29) is 12.5 Å². The summed E-state index contributed by atoms with van der Waals surface area (Å²) in [7, 11) is 0. The third-order valence-electron chi connectivity index (χ3n) is 5.30. The van der Waals surface area contributed by atoms with Crippen molar-refractivity contribution < 1.29 is 9.90 Å². The molecule has 1 amide bonds. The maximum atomic E-state index is 12.7. The summed E-state index contributed by atoms with van der Waals surface area (Å²) in [5.41, 5.74) is 1.57. The van der Waals surface area contributed by atoms with Crippen LogP contribution in [0.25, 0.3) is 0 Å². The smallest absolute Gasteiger partial charge is 0.267 e. The minimum atomic E-state index is -0.202. The Labute approximate surface area is 213 Å². The van der Waals surface area contributed by atoms with Gasteiger partial charge in [-0.2, -0.15) is 0 Å². The Balaban J connectivity index is 1.43. The van der Waals surface area contributed by atoms with Gasteiger partial charge in [0.05, 0.1) is 29.2 Å². The molecule has 0 spiro atoms. The second-order valence-electron chi connectivity index (χ2n) is 7.66. The largest absolute Gasteiger partial charge is 0.395 e. The van der Waals surface area contributed by atoms with Crippen molar-refractivity contribution in [1.29, 1.82) is 0 Å². The van der Waals surface area contributed by atoms with Gasteiger partial charge in [0.2, 0.25) is 0 Å². The number of aromatic nitrogens is 3. The lowest BCUT2D eigenvalue weighted by Gasteiger charge is -2.35. The van der Waals surface area contributed by atoms with E-state index in [0.717, 1.165) is 51.6 Å². The van der Waals surface area contributed by atoms with E-state index in [4.69, 9.17) is 5.11 Å². The average molecular weight is 596 g/mol. The molecule has 1 aliphatic rings. The molecule has 8 nitrogen and oxygen atoms in total. The van der Waals surface area contributed by atoms with Crippen LogP contribution in [0.15, 0.2) is 39.4 Å². The summed E-state index contributed by atoms with van der Waals surface area (Å²) in [4.78, 5) is 31.4. The second kappa shape index (κ2) is 11.0. The van der Waals surface area contributed by atoms with Crippen LogP contribution in [0.3, 0.4) is 0 Å². The van der Waals surface area contributed by atoms with E-state index in [2.05, 4.69) is 61.9 Å². The molecule has 33 heavy (non-hydrogen) atoms. The summed E-state index contributed by atoms with van der Waals surface area (Å²) in [5, 5.41) is 12.9. The van der Waals surface area contributed by atoms with Gasteiger partial charge in [-0.25, -0.2) is 15.0 Å². The third kappa shape index (κ3) is 6.15. The SMILES string of the molecule is Cc1nc(Cc2ncc(C(=O)Nc3c(Br)cccc3Br)s2)cc(N2CCN(CCO)CC2)n1.